The summed E-state index contributed by atoms with van der Waals surface area (Å²) in [5.41, 5.74) is 2.42. The lowest BCUT2D eigenvalue weighted by Gasteiger charge is -2.13. The predicted molar refractivity (Wildman–Crippen MR) is 68.9 cm³/mol. The summed E-state index contributed by atoms with van der Waals surface area (Å²) < 4.78 is 5.78. The van der Waals surface area contributed by atoms with Crippen LogP contribution in [-0.2, 0) is 6.54 Å². The fourth-order valence-electron chi connectivity index (χ4n) is 1.57. The average molecular weight is 219 g/mol. The Labute approximate surface area is 98.3 Å². The van der Waals surface area contributed by atoms with Gasteiger partial charge in [0.15, 0.2) is 0 Å². The fraction of sp³-hybridized carbons (Fsp3) is 0.429. The van der Waals surface area contributed by atoms with Gasteiger partial charge in [0.25, 0.3) is 0 Å². The van der Waals surface area contributed by atoms with Crippen LogP contribution in [0.15, 0.2) is 30.9 Å². The predicted octanol–water partition coefficient (Wildman–Crippen LogP) is 3.06. The number of hydrogen-bond donors (Lipinski definition) is 1. The van der Waals surface area contributed by atoms with Crippen LogP contribution in [0.1, 0.15) is 24.5 Å². The molecule has 0 radical (unpaired) electrons. The lowest BCUT2D eigenvalue weighted by Crippen LogP contribution is -2.14. The van der Waals surface area contributed by atoms with E-state index in [1.165, 1.54) is 11.1 Å². The van der Waals surface area contributed by atoms with E-state index in [1.807, 2.05) is 6.08 Å². The molecule has 0 aliphatic heterocycles. The minimum atomic E-state index is 0.777. The molecule has 16 heavy (non-hydrogen) atoms. The van der Waals surface area contributed by atoms with E-state index in [0.29, 0.717) is 0 Å². The molecule has 0 heterocycles. The lowest BCUT2D eigenvalue weighted by molar-refractivity contribution is 0.311. The second-order valence-corrected chi connectivity index (χ2v) is 3.83. The van der Waals surface area contributed by atoms with E-state index >= 15 is 0 Å². The minimum absolute atomic E-state index is 0.777. The Hall–Kier alpha value is -1.28. The molecular weight excluding hydrogens is 198 g/mol. The van der Waals surface area contributed by atoms with Gasteiger partial charge >= 0.3 is 0 Å². The Morgan fingerprint density at radius 3 is 2.94 bits per heavy atom. The standard InChI is InChI=1S/C14H21NO/c1-4-9-15-11-13-8-6-7-12(3)14(13)16-10-5-2/h4,6-8,15H,1,5,9-11H2,2-3H3. The van der Waals surface area contributed by atoms with Crippen molar-refractivity contribution < 1.29 is 4.74 Å². The zero-order valence-electron chi connectivity index (χ0n) is 10.3. The van der Waals surface area contributed by atoms with Crippen LogP contribution in [0.4, 0.5) is 0 Å². The third kappa shape index (κ3) is 3.70. The highest BCUT2D eigenvalue weighted by Gasteiger charge is 2.05. The fourth-order valence-corrected chi connectivity index (χ4v) is 1.57. The first kappa shape index (κ1) is 12.8. The molecule has 2 nitrogen and oxygen atoms in total. The molecule has 1 aromatic rings. The SMILES string of the molecule is C=CCNCc1cccc(C)c1OCCC. The zero-order valence-corrected chi connectivity index (χ0v) is 10.3. The first-order valence-electron chi connectivity index (χ1n) is 5.82. The van der Waals surface area contributed by atoms with Gasteiger partial charge in [-0.25, -0.2) is 0 Å². The molecule has 0 saturated carbocycles. The summed E-state index contributed by atoms with van der Waals surface area (Å²) >= 11 is 0. The van der Waals surface area contributed by atoms with Crippen molar-refractivity contribution >= 4 is 0 Å². The van der Waals surface area contributed by atoms with Crippen molar-refractivity contribution in [3.05, 3.63) is 42.0 Å². The molecule has 0 aliphatic rings. The Bertz CT molecular complexity index is 334. The van der Waals surface area contributed by atoms with Crippen LogP contribution in [0.2, 0.25) is 0 Å². The molecule has 2 heteroatoms. The Morgan fingerprint density at radius 2 is 2.25 bits per heavy atom. The van der Waals surface area contributed by atoms with Gasteiger partial charge < -0.3 is 10.1 Å². The molecule has 1 rings (SSSR count). The minimum Gasteiger partial charge on any atom is -0.493 e. The van der Waals surface area contributed by atoms with Gasteiger partial charge in [-0.15, -0.1) is 6.58 Å². The van der Waals surface area contributed by atoms with Crippen molar-refractivity contribution in [1.82, 2.24) is 5.32 Å². The van der Waals surface area contributed by atoms with Gasteiger partial charge in [-0.2, -0.15) is 0 Å². The van der Waals surface area contributed by atoms with E-state index in [9.17, 15) is 0 Å². The van der Waals surface area contributed by atoms with Crippen LogP contribution in [0.3, 0.4) is 0 Å². The van der Waals surface area contributed by atoms with Crippen molar-refractivity contribution in [2.45, 2.75) is 26.8 Å². The van der Waals surface area contributed by atoms with Crippen LogP contribution in [0.25, 0.3) is 0 Å². The number of rotatable bonds is 7. The van der Waals surface area contributed by atoms with Gasteiger partial charge in [-0.1, -0.05) is 31.2 Å². The van der Waals surface area contributed by atoms with Gasteiger partial charge in [0.2, 0.25) is 0 Å². The van der Waals surface area contributed by atoms with Crippen LogP contribution in [-0.4, -0.2) is 13.2 Å². The van der Waals surface area contributed by atoms with Crippen LogP contribution in [0.5, 0.6) is 5.75 Å². The second kappa shape index (κ2) is 7.07. The Morgan fingerprint density at radius 1 is 1.44 bits per heavy atom. The van der Waals surface area contributed by atoms with E-state index in [4.69, 9.17) is 4.74 Å². The molecule has 1 N–H and O–H groups in total. The molecule has 0 atom stereocenters. The molecular formula is C14H21NO. The molecule has 0 fully saturated rings. The van der Waals surface area contributed by atoms with Crippen LogP contribution < -0.4 is 10.1 Å². The average Bonchev–Trinajstić information content (AvgIpc) is 2.28. The number of aryl methyl sites for hydroxylation is 1. The van der Waals surface area contributed by atoms with E-state index in [1.54, 1.807) is 0 Å². The summed E-state index contributed by atoms with van der Waals surface area (Å²) in [5, 5.41) is 3.30. The summed E-state index contributed by atoms with van der Waals surface area (Å²) in [5.74, 6) is 1.03. The van der Waals surface area contributed by atoms with Gasteiger partial charge in [-0.05, 0) is 18.9 Å². The first-order valence-corrected chi connectivity index (χ1v) is 5.82. The number of para-hydroxylation sites is 1. The summed E-state index contributed by atoms with van der Waals surface area (Å²) in [6.07, 6.45) is 2.90. The number of hydrogen-bond acceptors (Lipinski definition) is 2. The van der Waals surface area contributed by atoms with Crippen molar-refractivity contribution in [2.75, 3.05) is 13.2 Å². The molecule has 1 aromatic carbocycles. The largest absolute Gasteiger partial charge is 0.493 e. The number of ether oxygens (including phenoxy) is 1. The molecule has 0 amide bonds. The van der Waals surface area contributed by atoms with Crippen molar-refractivity contribution in [1.29, 1.82) is 0 Å². The third-order valence-electron chi connectivity index (χ3n) is 2.35. The van der Waals surface area contributed by atoms with E-state index in [0.717, 1.165) is 31.9 Å². The third-order valence-corrected chi connectivity index (χ3v) is 2.35. The zero-order chi connectivity index (χ0) is 11.8. The maximum Gasteiger partial charge on any atom is 0.126 e. The molecule has 0 saturated heterocycles. The maximum absolute atomic E-state index is 5.78. The van der Waals surface area contributed by atoms with Crippen LogP contribution in [0, 0.1) is 6.92 Å². The van der Waals surface area contributed by atoms with Crippen molar-refractivity contribution in [3.8, 4) is 5.75 Å². The number of nitrogens with one attached hydrogen (secondary N) is 1. The molecule has 0 bridgehead atoms. The smallest absolute Gasteiger partial charge is 0.126 e. The molecule has 0 aliphatic carbocycles. The van der Waals surface area contributed by atoms with Crippen molar-refractivity contribution in [2.24, 2.45) is 0 Å². The second-order valence-electron chi connectivity index (χ2n) is 3.83. The first-order chi connectivity index (χ1) is 7.79. The van der Waals surface area contributed by atoms with E-state index < -0.39 is 0 Å². The summed E-state index contributed by atoms with van der Waals surface area (Å²) in [6, 6.07) is 6.26. The van der Waals surface area contributed by atoms with E-state index in [2.05, 4.69) is 43.9 Å². The highest BCUT2D eigenvalue weighted by Crippen LogP contribution is 2.23. The number of benzene rings is 1. The van der Waals surface area contributed by atoms with Crippen LogP contribution >= 0.6 is 0 Å². The highest BCUT2D eigenvalue weighted by molar-refractivity contribution is 5.40. The molecule has 0 aromatic heterocycles. The van der Waals surface area contributed by atoms with E-state index in [-0.39, 0.29) is 0 Å². The highest BCUT2D eigenvalue weighted by atomic mass is 16.5. The maximum atomic E-state index is 5.78. The Balaban J connectivity index is 2.72. The summed E-state index contributed by atoms with van der Waals surface area (Å²) in [7, 11) is 0. The molecule has 0 unspecified atom stereocenters. The monoisotopic (exact) mass is 219 g/mol. The quantitative estimate of drug-likeness (QED) is 0.562. The van der Waals surface area contributed by atoms with Gasteiger partial charge in [0.05, 0.1) is 6.61 Å². The topological polar surface area (TPSA) is 21.3 Å². The Kier molecular flexibility index (Phi) is 5.65. The normalized spacial score (nSPS) is 10.1. The van der Waals surface area contributed by atoms with Gasteiger partial charge in [0.1, 0.15) is 5.75 Å². The summed E-state index contributed by atoms with van der Waals surface area (Å²) in [6.45, 7) is 10.3. The molecule has 88 valence electrons. The lowest BCUT2D eigenvalue weighted by atomic mass is 10.1. The van der Waals surface area contributed by atoms with Gasteiger partial charge in [-0.3, -0.25) is 0 Å². The van der Waals surface area contributed by atoms with Gasteiger partial charge in [0, 0.05) is 18.7 Å². The molecule has 0 spiro atoms. The summed E-state index contributed by atoms with van der Waals surface area (Å²) in [4.78, 5) is 0. The van der Waals surface area contributed by atoms with Crippen molar-refractivity contribution in [3.63, 3.8) is 0 Å².